The molecule has 33 heavy (non-hydrogen) atoms. The van der Waals surface area contributed by atoms with E-state index in [-0.39, 0.29) is 17.2 Å². The van der Waals surface area contributed by atoms with Crippen LogP contribution in [0.5, 0.6) is 0 Å². The number of hydrogen-bond donors (Lipinski definition) is 0. The van der Waals surface area contributed by atoms with Gasteiger partial charge in [0.25, 0.3) is 5.91 Å². The van der Waals surface area contributed by atoms with Gasteiger partial charge in [0.15, 0.2) is 5.16 Å². The Morgan fingerprint density at radius 2 is 1.94 bits per heavy atom. The average molecular weight is 482 g/mol. The van der Waals surface area contributed by atoms with Gasteiger partial charge < -0.3 is 8.98 Å². The number of rotatable bonds is 7. The van der Waals surface area contributed by atoms with E-state index in [0.717, 1.165) is 40.9 Å². The fourth-order valence-electron chi connectivity index (χ4n) is 4.29. The van der Waals surface area contributed by atoms with Gasteiger partial charge in [-0.25, -0.2) is 5.01 Å². The molecule has 170 valence electrons. The van der Waals surface area contributed by atoms with Gasteiger partial charge in [0, 0.05) is 23.4 Å². The van der Waals surface area contributed by atoms with Crippen LogP contribution in [0.3, 0.4) is 0 Å². The van der Waals surface area contributed by atoms with Crippen molar-refractivity contribution in [3.05, 3.63) is 64.8 Å². The zero-order valence-electron chi connectivity index (χ0n) is 18.2. The molecule has 1 aromatic carbocycles. The number of amides is 1. The van der Waals surface area contributed by atoms with Crippen LogP contribution in [0.15, 0.2) is 57.3 Å². The molecule has 2 aromatic heterocycles. The smallest absolute Gasteiger partial charge is 0.256 e. The third-order valence-corrected chi connectivity index (χ3v) is 7.66. The van der Waals surface area contributed by atoms with Gasteiger partial charge in [0.2, 0.25) is 0 Å². The van der Waals surface area contributed by atoms with Crippen molar-refractivity contribution in [2.45, 2.75) is 67.4 Å². The summed E-state index contributed by atoms with van der Waals surface area (Å²) in [6, 6.07) is 11.5. The first-order chi connectivity index (χ1) is 16.1. The molecule has 0 spiro atoms. The van der Waals surface area contributed by atoms with Crippen LogP contribution in [0, 0.1) is 0 Å². The van der Waals surface area contributed by atoms with Gasteiger partial charge in [-0.05, 0) is 62.4 Å². The topological polar surface area (TPSA) is 76.5 Å². The molecule has 0 saturated heterocycles. The van der Waals surface area contributed by atoms with Crippen molar-refractivity contribution < 1.29 is 9.21 Å². The molecule has 7 nitrogen and oxygen atoms in total. The third-order valence-electron chi connectivity index (χ3n) is 6.36. The first-order valence-electron chi connectivity index (χ1n) is 11.4. The van der Waals surface area contributed by atoms with Crippen LogP contribution >= 0.6 is 23.4 Å². The lowest BCUT2D eigenvalue weighted by molar-refractivity contribution is -0.132. The van der Waals surface area contributed by atoms with Gasteiger partial charge in [-0.15, -0.1) is 10.2 Å². The minimum absolute atomic E-state index is 0.0660. The Morgan fingerprint density at radius 3 is 2.61 bits per heavy atom. The van der Waals surface area contributed by atoms with Gasteiger partial charge in [0.05, 0.1) is 17.2 Å². The second kappa shape index (κ2) is 8.33. The molecule has 2 atom stereocenters. The van der Waals surface area contributed by atoms with Crippen LogP contribution in [0.2, 0.25) is 5.02 Å². The van der Waals surface area contributed by atoms with E-state index in [0.29, 0.717) is 23.4 Å². The highest BCUT2D eigenvalue weighted by Crippen LogP contribution is 2.46. The molecule has 1 amide bonds. The first kappa shape index (κ1) is 21.0. The first-order valence-corrected chi connectivity index (χ1v) is 12.7. The molecule has 1 aliphatic heterocycles. The fraction of sp³-hybridized carbons (Fsp3) is 0.417. The van der Waals surface area contributed by atoms with Crippen LogP contribution in [0.25, 0.3) is 0 Å². The van der Waals surface area contributed by atoms with Crippen LogP contribution < -0.4 is 0 Å². The van der Waals surface area contributed by atoms with Crippen molar-refractivity contribution in [2.75, 3.05) is 0 Å². The number of thioether (sulfide) groups is 1. The minimum atomic E-state index is -0.357. The number of hydrazone groups is 1. The Hall–Kier alpha value is -2.58. The number of furan rings is 1. The molecule has 3 heterocycles. The molecule has 2 fully saturated rings. The quantitative estimate of drug-likeness (QED) is 0.411. The molecule has 0 bridgehead atoms. The van der Waals surface area contributed by atoms with Crippen molar-refractivity contribution >= 4 is 35.0 Å². The minimum Gasteiger partial charge on any atom is -0.467 e. The molecule has 3 aromatic rings. The highest BCUT2D eigenvalue weighted by molar-refractivity contribution is 8.00. The van der Waals surface area contributed by atoms with Gasteiger partial charge in [-0.3, -0.25) is 4.79 Å². The number of aromatic nitrogens is 3. The molecule has 0 N–H and O–H groups in total. The van der Waals surface area contributed by atoms with Crippen molar-refractivity contribution in [2.24, 2.45) is 5.10 Å². The van der Waals surface area contributed by atoms with E-state index in [1.165, 1.54) is 24.6 Å². The molecule has 3 aliphatic rings. The number of halogens is 1. The van der Waals surface area contributed by atoms with E-state index in [1.807, 2.05) is 43.3 Å². The Morgan fingerprint density at radius 1 is 1.15 bits per heavy atom. The maximum Gasteiger partial charge on any atom is 0.256 e. The van der Waals surface area contributed by atoms with Crippen LogP contribution in [0.4, 0.5) is 0 Å². The van der Waals surface area contributed by atoms with E-state index >= 15 is 0 Å². The van der Waals surface area contributed by atoms with E-state index in [4.69, 9.17) is 21.1 Å². The number of carbonyl (C=O) groups excluding carboxylic acids is 1. The highest BCUT2D eigenvalue weighted by Gasteiger charge is 2.40. The summed E-state index contributed by atoms with van der Waals surface area (Å²) in [4.78, 5) is 13.6. The zero-order chi connectivity index (χ0) is 22.5. The molecule has 9 heteroatoms. The fourth-order valence-corrected chi connectivity index (χ4v) is 5.39. The van der Waals surface area contributed by atoms with Gasteiger partial charge in [-0.2, -0.15) is 5.10 Å². The third kappa shape index (κ3) is 4.10. The lowest BCUT2D eigenvalue weighted by atomic mass is 10.0. The van der Waals surface area contributed by atoms with Crippen molar-refractivity contribution in [3.63, 3.8) is 0 Å². The Kier molecular flexibility index (Phi) is 5.30. The largest absolute Gasteiger partial charge is 0.467 e. The van der Waals surface area contributed by atoms with E-state index in [1.54, 1.807) is 11.3 Å². The second-order valence-electron chi connectivity index (χ2n) is 8.95. The Labute approximate surface area is 201 Å². The summed E-state index contributed by atoms with van der Waals surface area (Å²) in [5.74, 6) is 2.29. The lowest BCUT2D eigenvalue weighted by Gasteiger charge is -2.23. The second-order valence-corrected chi connectivity index (χ2v) is 10.7. The van der Waals surface area contributed by atoms with E-state index < -0.39 is 0 Å². The van der Waals surface area contributed by atoms with Crippen LogP contribution in [-0.4, -0.2) is 36.6 Å². The van der Waals surface area contributed by atoms with Crippen molar-refractivity contribution in [3.8, 4) is 0 Å². The molecule has 0 unspecified atom stereocenters. The standard InChI is InChI=1S/C24H24ClN5O2S/c1-14(33-24-27-26-22(16-4-5-16)29(24)18-10-11-18)23(31)30-20(21-3-2-12-32-21)13-19(28-30)15-6-8-17(25)9-7-15/h2-3,6-9,12,14,16,18,20H,4-5,10-11,13H2,1H3/t14-,20-/m1/s1. The van der Waals surface area contributed by atoms with Gasteiger partial charge >= 0.3 is 0 Å². The van der Waals surface area contributed by atoms with Gasteiger partial charge in [0.1, 0.15) is 17.6 Å². The average Bonchev–Trinajstić information content (AvgIpc) is 3.69. The SMILES string of the molecule is C[C@@H](Sc1nnc(C2CC2)n1C1CC1)C(=O)N1N=C(c2ccc(Cl)cc2)C[C@@H]1c1ccco1. The van der Waals surface area contributed by atoms with Crippen LogP contribution in [-0.2, 0) is 4.79 Å². The molecule has 6 rings (SSSR count). The summed E-state index contributed by atoms with van der Waals surface area (Å²) < 4.78 is 7.95. The number of nitrogens with zero attached hydrogens (tertiary/aromatic N) is 5. The maximum atomic E-state index is 13.6. The summed E-state index contributed by atoms with van der Waals surface area (Å²) in [5, 5.41) is 16.4. The van der Waals surface area contributed by atoms with E-state index in [9.17, 15) is 4.79 Å². The summed E-state index contributed by atoms with van der Waals surface area (Å²) in [5.41, 5.74) is 1.80. The predicted molar refractivity (Wildman–Crippen MR) is 126 cm³/mol. The van der Waals surface area contributed by atoms with E-state index in [2.05, 4.69) is 14.8 Å². The lowest BCUT2D eigenvalue weighted by Crippen LogP contribution is -2.33. The molecule has 0 radical (unpaired) electrons. The summed E-state index contributed by atoms with van der Waals surface area (Å²) >= 11 is 7.53. The molecular weight excluding hydrogens is 458 g/mol. The summed E-state index contributed by atoms with van der Waals surface area (Å²) in [6.45, 7) is 1.92. The zero-order valence-corrected chi connectivity index (χ0v) is 19.8. The number of carbonyl (C=O) groups is 1. The van der Waals surface area contributed by atoms with Crippen molar-refractivity contribution in [1.82, 2.24) is 19.8 Å². The Balaban J connectivity index is 1.26. The Bertz CT molecular complexity index is 1200. The summed E-state index contributed by atoms with van der Waals surface area (Å²) in [7, 11) is 0. The predicted octanol–water partition coefficient (Wildman–Crippen LogP) is 5.60. The molecular formula is C24H24ClN5O2S. The number of hydrogen-bond acceptors (Lipinski definition) is 6. The summed E-state index contributed by atoms with van der Waals surface area (Å²) in [6.07, 6.45) is 6.91. The maximum absolute atomic E-state index is 13.6. The monoisotopic (exact) mass is 481 g/mol. The van der Waals surface area contributed by atoms with Gasteiger partial charge in [-0.1, -0.05) is 35.5 Å². The molecule has 2 aliphatic carbocycles. The number of benzene rings is 1. The normalized spacial score (nSPS) is 21.3. The van der Waals surface area contributed by atoms with Crippen molar-refractivity contribution in [1.29, 1.82) is 0 Å². The highest BCUT2D eigenvalue weighted by atomic mass is 35.5. The molecule has 2 saturated carbocycles. The van der Waals surface area contributed by atoms with Crippen LogP contribution in [0.1, 0.15) is 74.2 Å².